The number of hydrogen-bond acceptors (Lipinski definition) is 2. The van der Waals surface area contributed by atoms with Crippen LogP contribution in [0.1, 0.15) is 24.0 Å². The maximum Gasteiger partial charge on any atom is 0.303 e. The zero-order valence-electron chi connectivity index (χ0n) is 8.74. The van der Waals surface area contributed by atoms with Gasteiger partial charge in [-0.2, -0.15) is 0 Å². The molecule has 1 aromatic rings. The average Bonchev–Trinajstić information content (AvgIpc) is 2.25. The maximum absolute atomic E-state index is 12.7. The lowest BCUT2D eigenvalue weighted by atomic mass is 10.0. The smallest absolute Gasteiger partial charge is 0.303 e. The molecule has 0 saturated carbocycles. The van der Waals surface area contributed by atoms with E-state index in [0.717, 1.165) is 0 Å². The van der Waals surface area contributed by atoms with Crippen LogP contribution in [-0.4, -0.2) is 18.2 Å². The van der Waals surface area contributed by atoms with Crippen LogP contribution in [0.5, 0.6) is 5.75 Å². The molecule has 0 aliphatic carbocycles. The first-order valence-corrected chi connectivity index (χ1v) is 4.72. The van der Waals surface area contributed by atoms with Crippen molar-refractivity contribution in [3.05, 3.63) is 29.3 Å². The van der Waals surface area contributed by atoms with Gasteiger partial charge in [0.15, 0.2) is 0 Å². The van der Waals surface area contributed by atoms with Gasteiger partial charge < -0.3 is 9.84 Å². The topological polar surface area (TPSA) is 46.5 Å². The fourth-order valence-electron chi connectivity index (χ4n) is 1.48. The number of ether oxygens (including phenoxy) is 1. The first-order valence-electron chi connectivity index (χ1n) is 4.72. The Kier molecular flexibility index (Phi) is 4.22. The number of carbonyl (C=O) groups is 1. The number of benzene rings is 1. The number of rotatable bonds is 5. The molecule has 0 unspecified atom stereocenters. The van der Waals surface area contributed by atoms with Crippen molar-refractivity contribution in [2.45, 2.75) is 19.3 Å². The van der Waals surface area contributed by atoms with E-state index in [4.69, 9.17) is 9.84 Å². The molecule has 0 bridgehead atoms. The van der Waals surface area contributed by atoms with Crippen LogP contribution < -0.4 is 4.74 Å². The van der Waals surface area contributed by atoms with Crippen LogP contribution in [0.25, 0.3) is 0 Å². The van der Waals surface area contributed by atoms with Gasteiger partial charge in [-0.3, -0.25) is 4.79 Å². The van der Waals surface area contributed by atoms with Gasteiger partial charge in [-0.15, -0.1) is 0 Å². The van der Waals surface area contributed by atoms with Gasteiger partial charge in [0.1, 0.15) is 5.75 Å². The number of aliphatic carboxylic acids is 1. The molecule has 0 fully saturated rings. The van der Waals surface area contributed by atoms with E-state index in [9.17, 15) is 13.6 Å². The summed E-state index contributed by atoms with van der Waals surface area (Å²) in [5.41, 5.74) is 0.100. The minimum absolute atomic E-state index is 0.0407. The molecule has 0 radical (unpaired) electrons. The monoisotopic (exact) mass is 230 g/mol. The standard InChI is InChI=1S/C11H12F2O3/c1-16-9-4-2-3-8(11(12)13)7(9)5-6-10(14)15/h2-4,11H,5-6H2,1H3,(H,14,15). The summed E-state index contributed by atoms with van der Waals surface area (Å²) in [5.74, 6) is -0.717. The number of hydrogen-bond donors (Lipinski definition) is 1. The summed E-state index contributed by atoms with van der Waals surface area (Å²) < 4.78 is 30.3. The third-order valence-electron chi connectivity index (χ3n) is 2.21. The van der Waals surface area contributed by atoms with Crippen molar-refractivity contribution in [3.8, 4) is 5.75 Å². The molecule has 0 aliphatic heterocycles. The van der Waals surface area contributed by atoms with Crippen molar-refractivity contribution in [2.24, 2.45) is 0 Å². The zero-order chi connectivity index (χ0) is 12.1. The second-order valence-electron chi connectivity index (χ2n) is 3.22. The number of methoxy groups -OCH3 is 1. The number of carboxylic acid groups (broad SMARTS) is 1. The van der Waals surface area contributed by atoms with Crippen LogP contribution in [0.2, 0.25) is 0 Å². The summed E-state index contributed by atoms with van der Waals surface area (Å²) in [6, 6.07) is 4.29. The van der Waals surface area contributed by atoms with Crippen LogP contribution in [0.4, 0.5) is 8.78 Å². The first-order chi connectivity index (χ1) is 7.56. The quantitative estimate of drug-likeness (QED) is 0.845. The minimum Gasteiger partial charge on any atom is -0.496 e. The molecule has 5 heteroatoms. The van der Waals surface area contributed by atoms with E-state index in [2.05, 4.69) is 0 Å². The second kappa shape index (κ2) is 5.44. The Morgan fingerprint density at radius 3 is 2.69 bits per heavy atom. The van der Waals surface area contributed by atoms with Crippen LogP contribution >= 0.6 is 0 Å². The Hall–Kier alpha value is -1.65. The summed E-state index contributed by atoms with van der Waals surface area (Å²) in [6.45, 7) is 0. The highest BCUT2D eigenvalue weighted by molar-refractivity contribution is 5.67. The molecule has 0 aromatic heterocycles. The minimum atomic E-state index is -2.63. The van der Waals surface area contributed by atoms with Crippen LogP contribution in [-0.2, 0) is 11.2 Å². The number of alkyl halides is 2. The highest BCUT2D eigenvalue weighted by Gasteiger charge is 2.17. The van der Waals surface area contributed by atoms with Gasteiger partial charge in [-0.1, -0.05) is 12.1 Å². The van der Waals surface area contributed by atoms with E-state index in [0.29, 0.717) is 5.75 Å². The number of halogens is 2. The molecule has 1 rings (SSSR count). The van der Waals surface area contributed by atoms with E-state index >= 15 is 0 Å². The van der Waals surface area contributed by atoms with Gasteiger partial charge in [0.05, 0.1) is 7.11 Å². The molecule has 0 atom stereocenters. The molecule has 0 saturated heterocycles. The highest BCUT2D eigenvalue weighted by Crippen LogP contribution is 2.30. The van der Waals surface area contributed by atoms with Gasteiger partial charge in [-0.05, 0) is 12.5 Å². The van der Waals surface area contributed by atoms with E-state index in [1.807, 2.05) is 0 Å². The Morgan fingerprint density at radius 1 is 1.50 bits per heavy atom. The van der Waals surface area contributed by atoms with Gasteiger partial charge in [0, 0.05) is 17.5 Å². The highest BCUT2D eigenvalue weighted by atomic mass is 19.3. The molecule has 0 spiro atoms. The lowest BCUT2D eigenvalue weighted by molar-refractivity contribution is -0.136. The summed E-state index contributed by atoms with van der Waals surface area (Å²) in [6.07, 6.45) is -2.78. The second-order valence-corrected chi connectivity index (χ2v) is 3.22. The number of carboxylic acids is 1. The lowest BCUT2D eigenvalue weighted by Gasteiger charge is -2.12. The van der Waals surface area contributed by atoms with Crippen molar-refractivity contribution >= 4 is 5.97 Å². The third-order valence-corrected chi connectivity index (χ3v) is 2.21. The van der Waals surface area contributed by atoms with Crippen LogP contribution in [0, 0.1) is 0 Å². The molecule has 3 nitrogen and oxygen atoms in total. The molecule has 1 aromatic carbocycles. The molecule has 0 amide bonds. The van der Waals surface area contributed by atoms with Crippen LogP contribution in [0.15, 0.2) is 18.2 Å². The van der Waals surface area contributed by atoms with Crippen molar-refractivity contribution in [2.75, 3.05) is 7.11 Å². The van der Waals surface area contributed by atoms with E-state index in [-0.39, 0.29) is 24.0 Å². The predicted molar refractivity (Wildman–Crippen MR) is 53.9 cm³/mol. The summed E-state index contributed by atoms with van der Waals surface area (Å²) >= 11 is 0. The van der Waals surface area contributed by atoms with Gasteiger partial charge >= 0.3 is 5.97 Å². The molecule has 16 heavy (non-hydrogen) atoms. The summed E-state index contributed by atoms with van der Waals surface area (Å²) in [4.78, 5) is 10.4. The van der Waals surface area contributed by atoms with Gasteiger partial charge in [-0.25, -0.2) is 8.78 Å². The molecular formula is C11H12F2O3. The fourth-order valence-corrected chi connectivity index (χ4v) is 1.48. The lowest BCUT2D eigenvalue weighted by Crippen LogP contribution is -2.03. The fraction of sp³-hybridized carbons (Fsp3) is 0.364. The molecule has 1 N–H and O–H groups in total. The van der Waals surface area contributed by atoms with Crippen molar-refractivity contribution < 1.29 is 23.4 Å². The van der Waals surface area contributed by atoms with Crippen molar-refractivity contribution in [1.29, 1.82) is 0 Å². The van der Waals surface area contributed by atoms with Crippen LogP contribution in [0.3, 0.4) is 0 Å². The van der Waals surface area contributed by atoms with Gasteiger partial charge in [0.25, 0.3) is 6.43 Å². The molecular weight excluding hydrogens is 218 g/mol. The Balaban J connectivity index is 3.04. The Morgan fingerprint density at radius 2 is 2.19 bits per heavy atom. The Labute approximate surface area is 91.7 Å². The Bertz CT molecular complexity index is 377. The van der Waals surface area contributed by atoms with Gasteiger partial charge in [0.2, 0.25) is 0 Å². The normalized spacial score (nSPS) is 10.5. The molecule has 0 heterocycles. The summed E-state index contributed by atoms with van der Waals surface area (Å²) in [7, 11) is 1.37. The average molecular weight is 230 g/mol. The molecule has 88 valence electrons. The zero-order valence-corrected chi connectivity index (χ0v) is 8.74. The van der Waals surface area contributed by atoms with Crippen molar-refractivity contribution in [3.63, 3.8) is 0 Å². The first kappa shape index (κ1) is 12.4. The molecule has 0 aliphatic rings. The van der Waals surface area contributed by atoms with Crippen molar-refractivity contribution in [1.82, 2.24) is 0 Å². The SMILES string of the molecule is COc1cccc(C(F)F)c1CCC(=O)O. The maximum atomic E-state index is 12.7. The third kappa shape index (κ3) is 2.92. The largest absolute Gasteiger partial charge is 0.496 e. The van der Waals surface area contributed by atoms with E-state index in [1.54, 1.807) is 6.07 Å². The van der Waals surface area contributed by atoms with E-state index in [1.165, 1.54) is 19.2 Å². The predicted octanol–water partition coefficient (Wildman–Crippen LogP) is 2.65. The van der Waals surface area contributed by atoms with E-state index < -0.39 is 12.4 Å². The summed E-state index contributed by atoms with van der Waals surface area (Å²) in [5, 5.41) is 8.54.